The predicted molar refractivity (Wildman–Crippen MR) is 107 cm³/mol. The molecule has 2 aliphatic rings. The molecule has 0 bridgehead atoms. The fourth-order valence-electron chi connectivity index (χ4n) is 4.95. The molecule has 2 heterocycles. The first-order valence-corrected chi connectivity index (χ1v) is 9.58. The standard InChI is InChI=1S/C23H22O5/c1-11-4-5-14-13(8-11)19-17(28-23(14,2)3)7-6-16-21(19)22(26)20-15(25)9-12(24)10-18(20)27-16/h6-10,13-14,24-25H,4-5H2,1-3H3/t13-,14+/m1/s1. The quantitative estimate of drug-likeness (QED) is 0.426. The van der Waals surface area contributed by atoms with Gasteiger partial charge in [-0.3, -0.25) is 4.79 Å². The van der Waals surface area contributed by atoms with E-state index < -0.39 is 0 Å². The number of fused-ring (bicyclic) bond motifs is 6. The SMILES string of the molecule is CC1=C[C@H]2c3c(ccc4oc5cc(O)cc(O)c5c(=O)c34)OC(C)(C)[C@H]2CC1. The van der Waals surface area contributed by atoms with E-state index in [9.17, 15) is 15.0 Å². The molecular formula is C23H22O5. The zero-order chi connectivity index (χ0) is 19.8. The molecule has 0 saturated carbocycles. The molecule has 0 amide bonds. The summed E-state index contributed by atoms with van der Waals surface area (Å²) >= 11 is 0. The van der Waals surface area contributed by atoms with Crippen LogP contribution in [0.1, 0.15) is 45.1 Å². The Morgan fingerprint density at radius 1 is 1.11 bits per heavy atom. The van der Waals surface area contributed by atoms with Crippen molar-refractivity contribution in [2.45, 2.75) is 45.1 Å². The minimum Gasteiger partial charge on any atom is -0.508 e. The number of phenolic OH excluding ortho intramolecular Hbond substituents is 2. The van der Waals surface area contributed by atoms with E-state index >= 15 is 0 Å². The molecule has 2 N–H and O–H groups in total. The number of hydrogen-bond donors (Lipinski definition) is 2. The smallest absolute Gasteiger partial charge is 0.204 e. The molecule has 2 atom stereocenters. The second-order valence-corrected chi connectivity index (χ2v) is 8.51. The predicted octanol–water partition coefficient (Wildman–Crippen LogP) is 4.97. The van der Waals surface area contributed by atoms with Crippen molar-refractivity contribution in [1.82, 2.24) is 0 Å². The summed E-state index contributed by atoms with van der Waals surface area (Å²) in [5.74, 6) is 0.553. The normalized spacial score (nSPS) is 23.0. The number of phenols is 2. The summed E-state index contributed by atoms with van der Waals surface area (Å²) in [5, 5.41) is 20.6. The lowest BCUT2D eigenvalue weighted by Gasteiger charge is -2.46. The Morgan fingerprint density at radius 2 is 1.89 bits per heavy atom. The highest BCUT2D eigenvalue weighted by Crippen LogP contribution is 2.52. The van der Waals surface area contributed by atoms with Crippen LogP contribution in [0.4, 0.5) is 0 Å². The van der Waals surface area contributed by atoms with Gasteiger partial charge in [-0.25, -0.2) is 0 Å². The summed E-state index contributed by atoms with van der Waals surface area (Å²) in [4.78, 5) is 13.4. The van der Waals surface area contributed by atoms with Crippen molar-refractivity contribution in [2.75, 3.05) is 0 Å². The highest BCUT2D eigenvalue weighted by Gasteiger charge is 2.45. The van der Waals surface area contributed by atoms with Gasteiger partial charge in [0.2, 0.25) is 5.43 Å². The van der Waals surface area contributed by atoms with Crippen molar-refractivity contribution in [1.29, 1.82) is 0 Å². The molecule has 5 rings (SSSR count). The molecule has 144 valence electrons. The first kappa shape index (κ1) is 17.2. The number of ether oxygens (including phenoxy) is 1. The highest BCUT2D eigenvalue weighted by atomic mass is 16.5. The maximum Gasteiger partial charge on any atom is 0.204 e. The first-order valence-electron chi connectivity index (χ1n) is 9.58. The van der Waals surface area contributed by atoms with Crippen LogP contribution in [0.5, 0.6) is 17.2 Å². The molecule has 5 nitrogen and oxygen atoms in total. The monoisotopic (exact) mass is 378 g/mol. The summed E-state index contributed by atoms with van der Waals surface area (Å²) < 4.78 is 12.3. The van der Waals surface area contributed by atoms with Crippen molar-refractivity contribution in [3.63, 3.8) is 0 Å². The summed E-state index contributed by atoms with van der Waals surface area (Å²) in [7, 11) is 0. The van der Waals surface area contributed by atoms with E-state index in [1.807, 2.05) is 6.07 Å². The van der Waals surface area contributed by atoms with Crippen molar-refractivity contribution >= 4 is 21.9 Å². The van der Waals surface area contributed by atoms with Gasteiger partial charge in [-0.05, 0) is 45.7 Å². The molecule has 2 aromatic carbocycles. The molecular weight excluding hydrogens is 356 g/mol. The Balaban J connectivity index is 1.92. The van der Waals surface area contributed by atoms with E-state index in [0.29, 0.717) is 16.7 Å². The molecule has 28 heavy (non-hydrogen) atoms. The Bertz CT molecular complexity index is 1230. The van der Waals surface area contributed by atoms with Gasteiger partial charge in [0.05, 0.1) is 5.39 Å². The third-order valence-electron chi connectivity index (χ3n) is 6.25. The van der Waals surface area contributed by atoms with Crippen LogP contribution < -0.4 is 10.2 Å². The molecule has 0 radical (unpaired) electrons. The van der Waals surface area contributed by atoms with Gasteiger partial charge in [0, 0.05) is 29.5 Å². The van der Waals surface area contributed by atoms with Crippen LogP contribution in [-0.2, 0) is 0 Å². The molecule has 1 aliphatic carbocycles. The summed E-state index contributed by atoms with van der Waals surface area (Å²) in [6.07, 6.45) is 4.26. The first-order chi connectivity index (χ1) is 13.3. The maximum absolute atomic E-state index is 13.4. The van der Waals surface area contributed by atoms with Gasteiger partial charge < -0.3 is 19.4 Å². The molecule has 3 aromatic rings. The number of benzene rings is 2. The van der Waals surface area contributed by atoms with Crippen molar-refractivity contribution in [3.8, 4) is 17.2 Å². The van der Waals surface area contributed by atoms with Crippen LogP contribution in [0.3, 0.4) is 0 Å². The van der Waals surface area contributed by atoms with Crippen molar-refractivity contribution in [3.05, 3.63) is 51.7 Å². The lowest BCUT2D eigenvalue weighted by Crippen LogP contribution is -2.45. The highest BCUT2D eigenvalue weighted by molar-refractivity contribution is 5.96. The van der Waals surface area contributed by atoms with E-state index in [4.69, 9.17) is 9.15 Å². The molecule has 0 unspecified atom stereocenters. The van der Waals surface area contributed by atoms with E-state index in [0.717, 1.165) is 24.5 Å². The van der Waals surface area contributed by atoms with Gasteiger partial charge in [-0.2, -0.15) is 0 Å². The summed E-state index contributed by atoms with van der Waals surface area (Å²) in [6.45, 7) is 6.32. The fourth-order valence-corrected chi connectivity index (χ4v) is 4.95. The number of rotatable bonds is 0. The minimum atomic E-state index is -0.340. The van der Waals surface area contributed by atoms with E-state index in [2.05, 4.69) is 26.8 Å². The van der Waals surface area contributed by atoms with Gasteiger partial charge >= 0.3 is 0 Å². The topological polar surface area (TPSA) is 79.9 Å². The number of aromatic hydroxyl groups is 2. The van der Waals surface area contributed by atoms with Crippen LogP contribution in [0, 0.1) is 5.92 Å². The fraction of sp³-hybridized carbons (Fsp3) is 0.348. The van der Waals surface area contributed by atoms with Crippen LogP contribution in [0.15, 0.2) is 45.1 Å². The van der Waals surface area contributed by atoms with Crippen LogP contribution in [0.2, 0.25) is 0 Å². The van der Waals surface area contributed by atoms with Gasteiger partial charge in [-0.1, -0.05) is 11.6 Å². The zero-order valence-electron chi connectivity index (χ0n) is 16.1. The zero-order valence-corrected chi connectivity index (χ0v) is 16.1. The third kappa shape index (κ3) is 2.28. The summed E-state index contributed by atoms with van der Waals surface area (Å²) in [5.41, 5.74) is 2.10. The van der Waals surface area contributed by atoms with E-state index in [-0.39, 0.29) is 45.3 Å². The molecule has 0 saturated heterocycles. The number of hydrogen-bond acceptors (Lipinski definition) is 5. The summed E-state index contributed by atoms with van der Waals surface area (Å²) in [6, 6.07) is 6.09. The Labute approximate surface area is 161 Å². The van der Waals surface area contributed by atoms with Gasteiger partial charge in [0.15, 0.2) is 0 Å². The molecule has 5 heteroatoms. The second-order valence-electron chi connectivity index (χ2n) is 8.51. The van der Waals surface area contributed by atoms with Crippen molar-refractivity contribution in [2.24, 2.45) is 5.92 Å². The minimum absolute atomic E-state index is 0.0517. The number of allylic oxidation sites excluding steroid dienone is 2. The van der Waals surface area contributed by atoms with Crippen LogP contribution in [-0.4, -0.2) is 15.8 Å². The maximum atomic E-state index is 13.4. The van der Waals surface area contributed by atoms with E-state index in [1.165, 1.54) is 11.6 Å². The second kappa shape index (κ2) is 5.53. The average molecular weight is 378 g/mol. The van der Waals surface area contributed by atoms with Gasteiger partial charge in [0.1, 0.15) is 39.4 Å². The molecule has 1 aliphatic heterocycles. The lowest BCUT2D eigenvalue weighted by atomic mass is 9.67. The van der Waals surface area contributed by atoms with Crippen LogP contribution in [0.25, 0.3) is 21.9 Å². The Hall–Kier alpha value is -2.95. The van der Waals surface area contributed by atoms with Crippen molar-refractivity contribution < 1.29 is 19.4 Å². The van der Waals surface area contributed by atoms with E-state index in [1.54, 1.807) is 6.07 Å². The van der Waals surface area contributed by atoms with Gasteiger partial charge in [0.25, 0.3) is 0 Å². The lowest BCUT2D eigenvalue weighted by molar-refractivity contribution is 0.0122. The Kier molecular flexibility index (Phi) is 3.39. The Morgan fingerprint density at radius 3 is 2.68 bits per heavy atom. The van der Waals surface area contributed by atoms with Gasteiger partial charge in [-0.15, -0.1) is 0 Å². The van der Waals surface area contributed by atoms with Crippen LogP contribution >= 0.6 is 0 Å². The molecule has 0 spiro atoms. The average Bonchev–Trinajstić information content (AvgIpc) is 2.60. The molecule has 0 fully saturated rings. The molecule has 1 aromatic heterocycles. The third-order valence-corrected chi connectivity index (χ3v) is 6.25. The largest absolute Gasteiger partial charge is 0.508 e.